The first-order valence-electron chi connectivity index (χ1n) is 9.27. The summed E-state index contributed by atoms with van der Waals surface area (Å²) in [5.74, 6) is 0.560. The Hall–Kier alpha value is -3.16. The standard InChI is InChI=1S/C20H24N6O2/c1-11-7-8-12(2)15(9-11)10-25-18(27)16-17(23(5)20(25)28)21-19-24(6)22-13(3)14(4)26(16)19/h7-9,14H,10H2,1-6H3/t14-/m1/s1. The summed E-state index contributed by atoms with van der Waals surface area (Å²) < 4.78 is 4.62. The topological polar surface area (TPSA) is 77.4 Å². The molecule has 8 heteroatoms. The zero-order valence-electron chi connectivity index (χ0n) is 17.0. The summed E-state index contributed by atoms with van der Waals surface area (Å²) in [6.45, 7) is 8.12. The lowest BCUT2D eigenvalue weighted by Gasteiger charge is -2.26. The van der Waals surface area contributed by atoms with E-state index < -0.39 is 0 Å². The predicted octanol–water partition coefficient (Wildman–Crippen LogP) is 1.95. The van der Waals surface area contributed by atoms with Gasteiger partial charge >= 0.3 is 5.69 Å². The van der Waals surface area contributed by atoms with Crippen LogP contribution in [0.4, 0.5) is 5.95 Å². The van der Waals surface area contributed by atoms with Crippen LogP contribution in [-0.2, 0) is 13.6 Å². The fourth-order valence-corrected chi connectivity index (χ4v) is 3.76. The number of hydrogen-bond acceptors (Lipinski definition) is 5. The molecule has 0 spiro atoms. The zero-order valence-corrected chi connectivity index (χ0v) is 17.0. The highest BCUT2D eigenvalue weighted by Gasteiger charge is 2.29. The van der Waals surface area contributed by atoms with Gasteiger partial charge in [-0.3, -0.25) is 18.5 Å². The molecule has 0 aliphatic carbocycles. The minimum atomic E-state index is -0.373. The number of benzene rings is 1. The smallest absolute Gasteiger partial charge is 0.294 e. The Labute approximate surface area is 162 Å². The fourth-order valence-electron chi connectivity index (χ4n) is 3.76. The second-order valence-corrected chi connectivity index (χ2v) is 7.56. The molecule has 0 N–H and O–H groups in total. The highest BCUT2D eigenvalue weighted by molar-refractivity contribution is 5.90. The number of fused-ring (bicyclic) bond motifs is 3. The van der Waals surface area contributed by atoms with E-state index in [1.165, 1.54) is 9.13 Å². The number of hydrazone groups is 1. The minimum absolute atomic E-state index is 0.115. The Morgan fingerprint density at radius 3 is 2.54 bits per heavy atom. The van der Waals surface area contributed by atoms with Gasteiger partial charge in [0.25, 0.3) is 5.56 Å². The summed E-state index contributed by atoms with van der Waals surface area (Å²) in [6, 6.07) is 5.94. The van der Waals surface area contributed by atoms with Gasteiger partial charge in [0.15, 0.2) is 11.2 Å². The van der Waals surface area contributed by atoms with Crippen molar-refractivity contribution in [3.05, 3.63) is 55.7 Å². The number of rotatable bonds is 2. The Morgan fingerprint density at radius 1 is 1.11 bits per heavy atom. The molecule has 4 rings (SSSR count). The second kappa shape index (κ2) is 6.19. The van der Waals surface area contributed by atoms with Gasteiger partial charge in [0.05, 0.1) is 18.3 Å². The first kappa shape index (κ1) is 18.2. The van der Waals surface area contributed by atoms with E-state index in [1.807, 2.05) is 50.5 Å². The lowest BCUT2D eigenvalue weighted by molar-refractivity contribution is 0.636. The van der Waals surface area contributed by atoms with Gasteiger partial charge in [0.1, 0.15) is 0 Å². The Bertz CT molecular complexity index is 1260. The summed E-state index contributed by atoms with van der Waals surface area (Å²) in [6.07, 6.45) is 0. The van der Waals surface area contributed by atoms with Crippen LogP contribution >= 0.6 is 0 Å². The van der Waals surface area contributed by atoms with Crippen molar-refractivity contribution in [2.75, 3.05) is 12.1 Å². The maximum Gasteiger partial charge on any atom is 0.332 e. The van der Waals surface area contributed by atoms with Crippen LogP contribution in [0.1, 0.15) is 36.6 Å². The van der Waals surface area contributed by atoms with Crippen molar-refractivity contribution in [1.29, 1.82) is 0 Å². The van der Waals surface area contributed by atoms with E-state index in [0.717, 1.165) is 22.4 Å². The maximum atomic E-state index is 13.4. The van der Waals surface area contributed by atoms with E-state index in [2.05, 4.69) is 10.1 Å². The molecule has 0 saturated carbocycles. The average molecular weight is 380 g/mol. The molecule has 146 valence electrons. The van der Waals surface area contributed by atoms with Gasteiger partial charge in [-0.1, -0.05) is 23.8 Å². The number of aromatic nitrogens is 4. The van der Waals surface area contributed by atoms with E-state index in [4.69, 9.17) is 0 Å². The van der Waals surface area contributed by atoms with E-state index >= 15 is 0 Å². The number of imidazole rings is 1. The van der Waals surface area contributed by atoms with Gasteiger partial charge in [-0.15, -0.1) is 0 Å². The van der Waals surface area contributed by atoms with Crippen molar-refractivity contribution in [3.8, 4) is 0 Å². The Morgan fingerprint density at radius 2 is 1.82 bits per heavy atom. The first-order valence-corrected chi connectivity index (χ1v) is 9.27. The van der Waals surface area contributed by atoms with Crippen LogP contribution in [0.25, 0.3) is 11.2 Å². The van der Waals surface area contributed by atoms with Gasteiger partial charge in [0.2, 0.25) is 5.95 Å². The van der Waals surface area contributed by atoms with Crippen molar-refractivity contribution in [3.63, 3.8) is 0 Å². The van der Waals surface area contributed by atoms with Gasteiger partial charge in [-0.2, -0.15) is 10.1 Å². The van der Waals surface area contributed by atoms with E-state index in [0.29, 0.717) is 17.1 Å². The number of nitrogens with zero attached hydrogens (tertiary/aromatic N) is 6. The molecule has 0 unspecified atom stereocenters. The van der Waals surface area contributed by atoms with Crippen LogP contribution in [0.3, 0.4) is 0 Å². The summed E-state index contributed by atoms with van der Waals surface area (Å²) in [5, 5.41) is 6.11. The summed E-state index contributed by atoms with van der Waals surface area (Å²) in [4.78, 5) is 31.0. The Balaban J connectivity index is 2.02. The largest absolute Gasteiger partial charge is 0.332 e. The molecule has 28 heavy (non-hydrogen) atoms. The molecule has 0 bridgehead atoms. The van der Waals surface area contributed by atoms with Crippen molar-refractivity contribution in [1.82, 2.24) is 18.7 Å². The normalized spacial score (nSPS) is 16.4. The van der Waals surface area contributed by atoms with Gasteiger partial charge in [0, 0.05) is 14.1 Å². The molecule has 0 saturated heterocycles. The number of aryl methyl sites for hydroxylation is 3. The average Bonchev–Trinajstić information content (AvgIpc) is 3.06. The van der Waals surface area contributed by atoms with Gasteiger partial charge < -0.3 is 0 Å². The molecule has 1 aliphatic heterocycles. The SMILES string of the molecule is CC1=NN(C)c2nc3c(c(=O)n(Cc4cc(C)ccc4C)c(=O)n3C)n2[C@@H]1C. The first-order chi connectivity index (χ1) is 13.2. The van der Waals surface area contributed by atoms with Crippen molar-refractivity contribution >= 4 is 22.8 Å². The van der Waals surface area contributed by atoms with Crippen molar-refractivity contribution in [2.24, 2.45) is 12.1 Å². The summed E-state index contributed by atoms with van der Waals surface area (Å²) >= 11 is 0. The van der Waals surface area contributed by atoms with E-state index in [1.54, 1.807) is 19.1 Å². The molecule has 0 fully saturated rings. The summed E-state index contributed by atoms with van der Waals surface area (Å²) in [7, 11) is 3.45. The van der Waals surface area contributed by atoms with Crippen molar-refractivity contribution < 1.29 is 0 Å². The van der Waals surface area contributed by atoms with Gasteiger partial charge in [-0.25, -0.2) is 9.80 Å². The third-order valence-corrected chi connectivity index (χ3v) is 5.58. The highest BCUT2D eigenvalue weighted by atomic mass is 16.2. The summed E-state index contributed by atoms with van der Waals surface area (Å²) in [5.41, 5.74) is 4.08. The molecular formula is C20H24N6O2. The van der Waals surface area contributed by atoms with E-state index in [-0.39, 0.29) is 23.8 Å². The molecular weight excluding hydrogens is 356 g/mol. The van der Waals surface area contributed by atoms with Crippen LogP contribution in [-0.4, -0.2) is 31.4 Å². The maximum absolute atomic E-state index is 13.4. The Kier molecular flexibility index (Phi) is 4.02. The minimum Gasteiger partial charge on any atom is -0.294 e. The molecule has 2 aromatic heterocycles. The molecule has 0 amide bonds. The molecule has 3 heterocycles. The van der Waals surface area contributed by atoms with Crippen LogP contribution in [0, 0.1) is 13.8 Å². The fraction of sp³-hybridized carbons (Fsp3) is 0.400. The second-order valence-electron chi connectivity index (χ2n) is 7.56. The highest BCUT2D eigenvalue weighted by Crippen LogP contribution is 2.28. The third kappa shape index (κ3) is 2.51. The molecule has 1 aromatic carbocycles. The van der Waals surface area contributed by atoms with Crippen LogP contribution in [0.5, 0.6) is 0 Å². The molecule has 8 nitrogen and oxygen atoms in total. The molecule has 3 aromatic rings. The predicted molar refractivity (Wildman–Crippen MR) is 110 cm³/mol. The third-order valence-electron chi connectivity index (χ3n) is 5.58. The van der Waals surface area contributed by atoms with Crippen LogP contribution in [0.15, 0.2) is 32.9 Å². The molecule has 1 atom stereocenters. The lowest BCUT2D eigenvalue weighted by Crippen LogP contribution is -2.40. The quantitative estimate of drug-likeness (QED) is 0.681. The van der Waals surface area contributed by atoms with Gasteiger partial charge in [-0.05, 0) is 38.8 Å². The van der Waals surface area contributed by atoms with Crippen LogP contribution < -0.4 is 16.3 Å². The zero-order chi connectivity index (χ0) is 20.3. The van der Waals surface area contributed by atoms with Crippen molar-refractivity contribution in [2.45, 2.75) is 40.3 Å². The molecule has 0 radical (unpaired) electrons. The number of hydrogen-bond donors (Lipinski definition) is 0. The van der Waals surface area contributed by atoms with E-state index in [9.17, 15) is 9.59 Å². The number of anilines is 1. The monoisotopic (exact) mass is 380 g/mol. The van der Waals surface area contributed by atoms with Crippen LogP contribution in [0.2, 0.25) is 0 Å². The molecule has 1 aliphatic rings. The lowest BCUT2D eigenvalue weighted by atomic mass is 10.1.